The fourth-order valence-corrected chi connectivity index (χ4v) is 2.90. The van der Waals surface area contributed by atoms with Gasteiger partial charge < -0.3 is 23.8 Å². The molecule has 0 aliphatic carbocycles. The number of hydrogen-bond acceptors (Lipinski definition) is 5. The van der Waals surface area contributed by atoms with Gasteiger partial charge in [0.25, 0.3) is 5.91 Å². The summed E-state index contributed by atoms with van der Waals surface area (Å²) >= 11 is 0. The predicted octanol–water partition coefficient (Wildman–Crippen LogP) is 3.37. The Balaban J connectivity index is 2.10. The van der Waals surface area contributed by atoms with E-state index in [1.807, 2.05) is 38.1 Å². The summed E-state index contributed by atoms with van der Waals surface area (Å²) in [6.07, 6.45) is 0. The van der Waals surface area contributed by atoms with Crippen molar-refractivity contribution >= 4 is 5.91 Å². The highest BCUT2D eigenvalue weighted by Gasteiger charge is 2.19. The van der Waals surface area contributed by atoms with Crippen LogP contribution in [-0.2, 0) is 11.3 Å². The lowest BCUT2D eigenvalue weighted by atomic mass is 10.1. The highest BCUT2D eigenvalue weighted by Crippen LogP contribution is 2.40. The molecule has 1 amide bonds. The van der Waals surface area contributed by atoms with Crippen LogP contribution in [0.3, 0.4) is 0 Å². The summed E-state index contributed by atoms with van der Waals surface area (Å²) in [6, 6.07) is 9.55. The van der Waals surface area contributed by atoms with Gasteiger partial charge in [-0.15, -0.1) is 0 Å². The molecule has 0 aromatic heterocycles. The Bertz CT molecular complexity index is 783. The summed E-state index contributed by atoms with van der Waals surface area (Å²) in [5.74, 6) is 2.25. The third-order valence-corrected chi connectivity index (χ3v) is 4.37. The summed E-state index contributed by atoms with van der Waals surface area (Å²) in [5, 5.41) is 0. The average Bonchev–Trinajstić information content (AvgIpc) is 2.66. The minimum absolute atomic E-state index is 0.0300. The van der Waals surface area contributed by atoms with Crippen LogP contribution in [0.15, 0.2) is 30.3 Å². The topological polar surface area (TPSA) is 57.2 Å². The molecule has 0 unspecified atom stereocenters. The number of ether oxygens (including phenoxy) is 4. The zero-order chi connectivity index (χ0) is 20.0. The lowest BCUT2D eigenvalue weighted by Gasteiger charge is -2.21. The van der Waals surface area contributed by atoms with E-state index in [9.17, 15) is 4.79 Å². The Morgan fingerprint density at radius 2 is 1.52 bits per heavy atom. The standard InChI is InChI=1S/C21H27NO5/c1-14-8-7-9-15(2)19(14)27-13-18(23)22(3)12-16-10-11-17(24-4)21(26-6)20(16)25-5/h7-11H,12-13H2,1-6H3. The molecular weight excluding hydrogens is 346 g/mol. The van der Waals surface area contributed by atoms with Gasteiger partial charge in [0.15, 0.2) is 18.1 Å². The normalized spacial score (nSPS) is 10.3. The molecule has 27 heavy (non-hydrogen) atoms. The fraction of sp³-hybridized carbons (Fsp3) is 0.381. The molecule has 0 fully saturated rings. The first-order valence-corrected chi connectivity index (χ1v) is 8.63. The lowest BCUT2D eigenvalue weighted by molar-refractivity contribution is -0.132. The maximum absolute atomic E-state index is 12.5. The predicted molar refractivity (Wildman–Crippen MR) is 104 cm³/mol. The van der Waals surface area contributed by atoms with Crippen LogP contribution in [0.4, 0.5) is 0 Å². The van der Waals surface area contributed by atoms with E-state index in [0.29, 0.717) is 23.8 Å². The van der Waals surface area contributed by atoms with Gasteiger partial charge in [0.2, 0.25) is 5.75 Å². The molecule has 0 heterocycles. The van der Waals surface area contributed by atoms with Crippen molar-refractivity contribution in [2.24, 2.45) is 0 Å². The van der Waals surface area contributed by atoms with Gasteiger partial charge in [-0.3, -0.25) is 4.79 Å². The highest BCUT2D eigenvalue weighted by molar-refractivity contribution is 5.77. The van der Waals surface area contributed by atoms with Crippen molar-refractivity contribution in [1.82, 2.24) is 4.90 Å². The van der Waals surface area contributed by atoms with E-state index < -0.39 is 0 Å². The van der Waals surface area contributed by atoms with Crippen LogP contribution in [0.1, 0.15) is 16.7 Å². The van der Waals surface area contributed by atoms with Crippen LogP contribution in [0.25, 0.3) is 0 Å². The number of benzene rings is 2. The van der Waals surface area contributed by atoms with E-state index in [0.717, 1.165) is 22.4 Å². The van der Waals surface area contributed by atoms with Crippen LogP contribution in [-0.4, -0.2) is 45.8 Å². The second kappa shape index (κ2) is 9.16. The molecule has 0 bridgehead atoms. The number of hydrogen-bond donors (Lipinski definition) is 0. The van der Waals surface area contributed by atoms with Crippen molar-refractivity contribution < 1.29 is 23.7 Å². The minimum atomic E-state index is -0.130. The smallest absolute Gasteiger partial charge is 0.260 e. The van der Waals surface area contributed by atoms with E-state index in [-0.39, 0.29) is 12.5 Å². The molecule has 0 aliphatic heterocycles. The summed E-state index contributed by atoms with van der Waals surface area (Å²) < 4.78 is 21.9. The molecular formula is C21H27NO5. The molecule has 0 radical (unpaired) electrons. The molecule has 0 aliphatic rings. The fourth-order valence-electron chi connectivity index (χ4n) is 2.90. The molecule has 0 saturated heterocycles. The van der Waals surface area contributed by atoms with E-state index >= 15 is 0 Å². The number of methoxy groups -OCH3 is 3. The van der Waals surface area contributed by atoms with Gasteiger partial charge in [0.1, 0.15) is 5.75 Å². The van der Waals surface area contributed by atoms with Crippen molar-refractivity contribution in [3.8, 4) is 23.0 Å². The van der Waals surface area contributed by atoms with Gasteiger partial charge in [-0.1, -0.05) is 18.2 Å². The maximum atomic E-state index is 12.5. The van der Waals surface area contributed by atoms with Gasteiger partial charge in [-0.2, -0.15) is 0 Å². The summed E-state index contributed by atoms with van der Waals surface area (Å²) in [6.45, 7) is 4.26. The third kappa shape index (κ3) is 4.64. The van der Waals surface area contributed by atoms with Crippen LogP contribution in [0.2, 0.25) is 0 Å². The molecule has 0 N–H and O–H groups in total. The molecule has 0 spiro atoms. The number of para-hydroxylation sites is 1. The van der Waals surface area contributed by atoms with E-state index in [2.05, 4.69) is 0 Å². The number of nitrogens with zero attached hydrogens (tertiary/aromatic N) is 1. The van der Waals surface area contributed by atoms with Crippen LogP contribution in [0.5, 0.6) is 23.0 Å². The van der Waals surface area contributed by atoms with Crippen molar-refractivity contribution in [2.45, 2.75) is 20.4 Å². The number of rotatable bonds is 8. The second-order valence-electron chi connectivity index (χ2n) is 6.25. The highest BCUT2D eigenvalue weighted by atomic mass is 16.5. The number of amides is 1. The molecule has 6 heteroatoms. The molecule has 0 atom stereocenters. The van der Waals surface area contributed by atoms with Gasteiger partial charge in [0, 0.05) is 19.2 Å². The van der Waals surface area contributed by atoms with Crippen LogP contribution in [0, 0.1) is 13.8 Å². The molecule has 6 nitrogen and oxygen atoms in total. The molecule has 2 rings (SSSR count). The first kappa shape index (κ1) is 20.4. The van der Waals surface area contributed by atoms with E-state index in [1.54, 1.807) is 39.3 Å². The zero-order valence-corrected chi connectivity index (χ0v) is 16.8. The Hall–Kier alpha value is -2.89. The van der Waals surface area contributed by atoms with E-state index in [1.165, 1.54) is 0 Å². The van der Waals surface area contributed by atoms with Crippen molar-refractivity contribution in [2.75, 3.05) is 35.0 Å². The van der Waals surface area contributed by atoms with Crippen LogP contribution >= 0.6 is 0 Å². The Labute approximate surface area is 160 Å². The molecule has 2 aromatic rings. The number of aryl methyl sites for hydroxylation is 2. The number of likely N-dealkylation sites (N-methyl/N-ethyl adjacent to an activating group) is 1. The van der Waals surface area contributed by atoms with Crippen LogP contribution < -0.4 is 18.9 Å². The quantitative estimate of drug-likeness (QED) is 0.710. The van der Waals surface area contributed by atoms with Gasteiger partial charge in [0.05, 0.1) is 21.3 Å². The number of carbonyl (C=O) groups is 1. The molecule has 146 valence electrons. The lowest BCUT2D eigenvalue weighted by Crippen LogP contribution is -2.31. The average molecular weight is 373 g/mol. The van der Waals surface area contributed by atoms with Crippen molar-refractivity contribution in [1.29, 1.82) is 0 Å². The van der Waals surface area contributed by atoms with E-state index in [4.69, 9.17) is 18.9 Å². The summed E-state index contributed by atoms with van der Waals surface area (Å²) in [5.41, 5.74) is 2.83. The van der Waals surface area contributed by atoms with Crippen molar-refractivity contribution in [3.05, 3.63) is 47.0 Å². The Morgan fingerprint density at radius 3 is 2.07 bits per heavy atom. The molecule has 2 aromatic carbocycles. The largest absolute Gasteiger partial charge is 0.493 e. The third-order valence-electron chi connectivity index (χ3n) is 4.37. The van der Waals surface area contributed by atoms with Crippen molar-refractivity contribution in [3.63, 3.8) is 0 Å². The van der Waals surface area contributed by atoms with Gasteiger partial charge in [-0.25, -0.2) is 0 Å². The second-order valence-corrected chi connectivity index (χ2v) is 6.25. The monoisotopic (exact) mass is 373 g/mol. The summed E-state index contributed by atoms with van der Waals surface area (Å²) in [7, 11) is 6.41. The first-order chi connectivity index (χ1) is 12.9. The molecule has 0 saturated carbocycles. The Morgan fingerprint density at radius 1 is 0.889 bits per heavy atom. The van der Waals surface area contributed by atoms with Gasteiger partial charge >= 0.3 is 0 Å². The Kier molecular flexibility index (Phi) is 6.93. The maximum Gasteiger partial charge on any atom is 0.260 e. The minimum Gasteiger partial charge on any atom is -0.493 e. The van der Waals surface area contributed by atoms with Gasteiger partial charge in [-0.05, 0) is 37.1 Å². The summed E-state index contributed by atoms with van der Waals surface area (Å²) in [4.78, 5) is 14.1. The first-order valence-electron chi connectivity index (χ1n) is 8.63. The number of carbonyl (C=O) groups excluding carboxylic acids is 1. The zero-order valence-electron chi connectivity index (χ0n) is 16.8. The SMILES string of the molecule is COc1ccc(CN(C)C(=O)COc2c(C)cccc2C)c(OC)c1OC.